The molecule has 1 N–H and O–H groups in total. The number of nitrogens with one attached hydrogen (secondary N) is 1. The van der Waals surface area contributed by atoms with Gasteiger partial charge in [-0.25, -0.2) is 0 Å². The van der Waals surface area contributed by atoms with Gasteiger partial charge < -0.3 is 4.90 Å². The molecule has 0 aliphatic carbocycles. The maximum atomic E-state index is 3.98. The number of likely N-dealkylation sites (tertiary alicyclic amines) is 1. The maximum absolute atomic E-state index is 3.98. The van der Waals surface area contributed by atoms with Crippen LogP contribution in [0.25, 0.3) is 0 Å². The third-order valence-electron chi connectivity index (χ3n) is 1.82. The third-order valence-corrected chi connectivity index (χ3v) is 1.82. The highest BCUT2D eigenvalue weighted by Gasteiger charge is 2.18. The minimum atomic E-state index is 0.681. The van der Waals surface area contributed by atoms with E-state index in [9.17, 15) is 0 Å². The second-order valence-corrected chi connectivity index (χ2v) is 2.44. The normalized spacial score (nSPS) is 42.0. The van der Waals surface area contributed by atoms with Crippen molar-refractivity contribution in [3.05, 3.63) is 6.92 Å². The first kappa shape index (κ1) is 5.10. The van der Waals surface area contributed by atoms with Gasteiger partial charge in [-0.1, -0.05) is 0 Å². The van der Waals surface area contributed by atoms with E-state index in [1.165, 1.54) is 19.4 Å². The van der Waals surface area contributed by atoms with Crippen LogP contribution in [-0.4, -0.2) is 19.6 Å². The molecule has 41 valence electrons. The Bertz CT molecular complexity index is 53.2. The summed E-state index contributed by atoms with van der Waals surface area (Å²) in [5.74, 6) is 0. The van der Waals surface area contributed by atoms with Crippen LogP contribution in [0.1, 0.15) is 12.8 Å². The standard InChI is InChI=1S/C6H12N/c1-6-4-3-5-7(6)2/h6H,1,3-5H2,2H3/p+1. The van der Waals surface area contributed by atoms with Gasteiger partial charge in [-0.05, 0) is 0 Å². The smallest absolute Gasteiger partial charge is 0.0877 e. The van der Waals surface area contributed by atoms with Gasteiger partial charge in [0.2, 0.25) is 0 Å². The zero-order chi connectivity index (χ0) is 5.28. The van der Waals surface area contributed by atoms with Crippen molar-refractivity contribution in [3.63, 3.8) is 0 Å². The molecule has 0 saturated carbocycles. The summed E-state index contributed by atoms with van der Waals surface area (Å²) >= 11 is 0. The molecular weight excluding hydrogens is 86.1 g/mol. The van der Waals surface area contributed by atoms with Crippen LogP contribution in [-0.2, 0) is 0 Å². The molecule has 1 nitrogen and oxygen atoms in total. The molecule has 1 heteroatoms. The largest absolute Gasteiger partial charge is 0.335 e. The van der Waals surface area contributed by atoms with E-state index < -0.39 is 0 Å². The Hall–Kier alpha value is -0.0400. The molecule has 0 aromatic rings. The van der Waals surface area contributed by atoms with Gasteiger partial charge in [0, 0.05) is 19.8 Å². The van der Waals surface area contributed by atoms with Gasteiger partial charge in [-0.15, -0.1) is 0 Å². The minimum absolute atomic E-state index is 0.681. The Balaban J connectivity index is 2.33. The molecule has 0 aromatic carbocycles. The van der Waals surface area contributed by atoms with Crippen molar-refractivity contribution in [2.45, 2.75) is 18.9 Å². The lowest BCUT2D eigenvalue weighted by molar-refractivity contribution is -0.885. The van der Waals surface area contributed by atoms with E-state index in [0.717, 1.165) is 0 Å². The zero-order valence-electron chi connectivity index (χ0n) is 4.91. The van der Waals surface area contributed by atoms with E-state index in [1.807, 2.05) is 0 Å². The third kappa shape index (κ3) is 0.942. The molecule has 0 spiro atoms. The molecule has 1 heterocycles. The van der Waals surface area contributed by atoms with Gasteiger partial charge in [-0.2, -0.15) is 0 Å². The van der Waals surface area contributed by atoms with Crippen molar-refractivity contribution >= 4 is 0 Å². The van der Waals surface area contributed by atoms with Crippen LogP contribution in [0, 0.1) is 6.92 Å². The predicted octanol–water partition coefficient (Wildman–Crippen LogP) is -0.502. The maximum Gasteiger partial charge on any atom is 0.0877 e. The van der Waals surface area contributed by atoms with Crippen molar-refractivity contribution in [2.24, 2.45) is 0 Å². The molecule has 1 radical (unpaired) electrons. The molecule has 2 unspecified atom stereocenters. The monoisotopic (exact) mass is 99.1 g/mol. The highest BCUT2D eigenvalue weighted by atomic mass is 15.1. The molecule has 0 aromatic heterocycles. The molecule has 0 bridgehead atoms. The van der Waals surface area contributed by atoms with Crippen LogP contribution in [0.4, 0.5) is 0 Å². The SMILES string of the molecule is [CH2]C1CCC[NH+]1C. The Morgan fingerprint density at radius 2 is 2.43 bits per heavy atom. The van der Waals surface area contributed by atoms with Crippen LogP contribution >= 0.6 is 0 Å². The Labute approximate surface area is 45.3 Å². The summed E-state index contributed by atoms with van der Waals surface area (Å²) < 4.78 is 0. The second kappa shape index (κ2) is 1.83. The first-order valence-corrected chi connectivity index (χ1v) is 2.96. The highest BCUT2D eigenvalue weighted by Crippen LogP contribution is 1.95. The highest BCUT2D eigenvalue weighted by molar-refractivity contribution is 4.61. The van der Waals surface area contributed by atoms with E-state index in [1.54, 1.807) is 4.90 Å². The summed E-state index contributed by atoms with van der Waals surface area (Å²) in [5.41, 5.74) is 0. The van der Waals surface area contributed by atoms with Gasteiger partial charge >= 0.3 is 0 Å². The summed E-state index contributed by atoms with van der Waals surface area (Å²) in [6, 6.07) is 0.681. The van der Waals surface area contributed by atoms with Gasteiger partial charge in [0.05, 0.1) is 19.6 Å². The molecular formula is C6H13N+. The van der Waals surface area contributed by atoms with Crippen molar-refractivity contribution in [2.75, 3.05) is 13.6 Å². The zero-order valence-corrected chi connectivity index (χ0v) is 4.91. The van der Waals surface area contributed by atoms with Crippen LogP contribution in [0.2, 0.25) is 0 Å². The first-order chi connectivity index (χ1) is 3.30. The number of quaternary nitrogens is 1. The number of hydrogen-bond acceptors (Lipinski definition) is 0. The van der Waals surface area contributed by atoms with Gasteiger partial charge in [0.1, 0.15) is 0 Å². The number of rotatable bonds is 0. The molecule has 1 saturated heterocycles. The molecule has 0 amide bonds. The summed E-state index contributed by atoms with van der Waals surface area (Å²) in [7, 11) is 2.21. The topological polar surface area (TPSA) is 4.44 Å². The number of hydrogen-bond donors (Lipinski definition) is 1. The molecule has 1 aliphatic heterocycles. The summed E-state index contributed by atoms with van der Waals surface area (Å²) in [4.78, 5) is 1.60. The van der Waals surface area contributed by atoms with E-state index in [2.05, 4.69) is 14.0 Å². The van der Waals surface area contributed by atoms with Crippen LogP contribution < -0.4 is 4.90 Å². The molecule has 1 fully saturated rings. The molecule has 1 rings (SSSR count). The van der Waals surface area contributed by atoms with Crippen molar-refractivity contribution in [1.82, 2.24) is 0 Å². The summed E-state index contributed by atoms with van der Waals surface area (Å²) in [6.07, 6.45) is 2.70. The lowest BCUT2D eigenvalue weighted by Gasteiger charge is -2.09. The van der Waals surface area contributed by atoms with Gasteiger partial charge in [-0.3, -0.25) is 0 Å². The fourth-order valence-corrected chi connectivity index (χ4v) is 1.08. The molecule has 7 heavy (non-hydrogen) atoms. The van der Waals surface area contributed by atoms with Crippen molar-refractivity contribution in [3.8, 4) is 0 Å². The Morgan fingerprint density at radius 3 is 2.57 bits per heavy atom. The average Bonchev–Trinajstić information content (AvgIpc) is 1.91. The van der Waals surface area contributed by atoms with E-state index in [-0.39, 0.29) is 0 Å². The molecule has 1 aliphatic rings. The van der Waals surface area contributed by atoms with Crippen LogP contribution in [0.5, 0.6) is 0 Å². The molecule has 2 atom stereocenters. The minimum Gasteiger partial charge on any atom is -0.335 e. The summed E-state index contributed by atoms with van der Waals surface area (Å²) in [6.45, 7) is 5.31. The van der Waals surface area contributed by atoms with Gasteiger partial charge in [0.25, 0.3) is 0 Å². The Kier molecular flexibility index (Phi) is 1.33. The van der Waals surface area contributed by atoms with E-state index >= 15 is 0 Å². The quantitative estimate of drug-likeness (QED) is 0.417. The Morgan fingerprint density at radius 1 is 1.71 bits per heavy atom. The fraction of sp³-hybridized carbons (Fsp3) is 0.833. The van der Waals surface area contributed by atoms with Crippen molar-refractivity contribution < 1.29 is 4.90 Å². The first-order valence-electron chi connectivity index (χ1n) is 2.96. The summed E-state index contributed by atoms with van der Waals surface area (Å²) in [5, 5.41) is 0. The second-order valence-electron chi connectivity index (χ2n) is 2.44. The van der Waals surface area contributed by atoms with Crippen molar-refractivity contribution in [1.29, 1.82) is 0 Å². The van der Waals surface area contributed by atoms with Gasteiger partial charge in [0.15, 0.2) is 0 Å². The predicted molar refractivity (Wildman–Crippen MR) is 30.1 cm³/mol. The lowest BCUT2D eigenvalue weighted by Crippen LogP contribution is -3.10. The fourth-order valence-electron chi connectivity index (χ4n) is 1.08. The average molecular weight is 99.2 g/mol. The lowest BCUT2D eigenvalue weighted by atomic mass is 10.3. The van der Waals surface area contributed by atoms with Crippen LogP contribution in [0.3, 0.4) is 0 Å². The van der Waals surface area contributed by atoms with Crippen LogP contribution in [0.15, 0.2) is 0 Å². The van der Waals surface area contributed by atoms with E-state index in [4.69, 9.17) is 0 Å². The van der Waals surface area contributed by atoms with E-state index in [0.29, 0.717) is 6.04 Å².